The van der Waals surface area contributed by atoms with Crippen LogP contribution in [0.5, 0.6) is 0 Å². The second kappa shape index (κ2) is 7.35. The van der Waals surface area contributed by atoms with Crippen molar-refractivity contribution in [1.29, 1.82) is 0 Å². The minimum absolute atomic E-state index is 0.353. The molecule has 4 rings (SSSR count). The Balaban J connectivity index is 1.65. The summed E-state index contributed by atoms with van der Waals surface area (Å²) in [6.07, 6.45) is 9.80. The van der Waals surface area contributed by atoms with Gasteiger partial charge in [0.2, 0.25) is 0 Å². The van der Waals surface area contributed by atoms with Crippen LogP contribution >= 0.6 is 11.3 Å². The molecule has 3 aromatic rings. The van der Waals surface area contributed by atoms with Crippen LogP contribution in [0.1, 0.15) is 49.7 Å². The zero-order chi connectivity index (χ0) is 18.9. The molecule has 0 unspecified atom stereocenters. The molecular weight excluding hydrogens is 354 g/mol. The molecule has 27 heavy (non-hydrogen) atoms. The van der Waals surface area contributed by atoms with Gasteiger partial charge in [-0.05, 0) is 48.3 Å². The van der Waals surface area contributed by atoms with Crippen molar-refractivity contribution in [1.82, 2.24) is 15.0 Å². The molecule has 3 heterocycles. The van der Waals surface area contributed by atoms with E-state index >= 15 is 0 Å². The molecule has 1 N–H and O–H groups in total. The van der Waals surface area contributed by atoms with E-state index in [9.17, 15) is 0 Å². The van der Waals surface area contributed by atoms with Crippen molar-refractivity contribution in [3.63, 3.8) is 0 Å². The number of aromatic nitrogens is 3. The van der Waals surface area contributed by atoms with Gasteiger partial charge in [-0.1, -0.05) is 33.3 Å². The van der Waals surface area contributed by atoms with Gasteiger partial charge in [0, 0.05) is 11.1 Å². The summed E-state index contributed by atoms with van der Waals surface area (Å²) in [6.45, 7) is 7.08. The molecule has 0 fully saturated rings. The highest BCUT2D eigenvalue weighted by Gasteiger charge is 2.33. The average Bonchev–Trinajstić information content (AvgIpc) is 3.07. The zero-order valence-corrected chi connectivity index (χ0v) is 16.9. The van der Waals surface area contributed by atoms with Crippen molar-refractivity contribution in [3.05, 3.63) is 46.9 Å². The van der Waals surface area contributed by atoms with Gasteiger partial charge in [-0.25, -0.2) is 9.97 Å². The van der Waals surface area contributed by atoms with Crippen LogP contribution < -0.4 is 5.43 Å². The molecule has 1 aliphatic carbocycles. The van der Waals surface area contributed by atoms with E-state index in [0.717, 1.165) is 34.6 Å². The molecule has 0 saturated carbocycles. The van der Waals surface area contributed by atoms with Crippen LogP contribution in [0.25, 0.3) is 10.2 Å². The summed E-state index contributed by atoms with van der Waals surface area (Å²) in [6, 6.07) is 5.76. The highest BCUT2D eigenvalue weighted by Crippen LogP contribution is 2.45. The first-order chi connectivity index (χ1) is 13.1. The van der Waals surface area contributed by atoms with Crippen LogP contribution in [0.15, 0.2) is 35.8 Å². The van der Waals surface area contributed by atoms with Crippen molar-refractivity contribution >= 4 is 33.6 Å². The molecule has 0 amide bonds. The van der Waals surface area contributed by atoms with Crippen LogP contribution in [0, 0.1) is 11.3 Å². The van der Waals surface area contributed by atoms with Gasteiger partial charge in [-0.3, -0.25) is 10.4 Å². The lowest BCUT2D eigenvalue weighted by molar-refractivity contribution is 0.184. The molecule has 0 radical (unpaired) electrons. The van der Waals surface area contributed by atoms with E-state index in [1.165, 1.54) is 23.3 Å². The fraction of sp³-hybridized carbons (Fsp3) is 0.429. The van der Waals surface area contributed by atoms with Gasteiger partial charge in [0.1, 0.15) is 11.2 Å². The molecular formula is C21H25N5S. The Morgan fingerprint density at radius 3 is 2.96 bits per heavy atom. The third kappa shape index (κ3) is 3.58. The SMILES string of the molecule is CCC(C)(C)[C@H]1CCc2sc3ncnc(N/N=C/c4ccccn4)c3c2C1. The number of hydrazone groups is 1. The molecule has 140 valence electrons. The van der Waals surface area contributed by atoms with E-state index in [2.05, 4.69) is 46.3 Å². The van der Waals surface area contributed by atoms with Gasteiger partial charge in [-0.2, -0.15) is 5.10 Å². The van der Waals surface area contributed by atoms with Crippen LogP contribution in [-0.2, 0) is 12.8 Å². The summed E-state index contributed by atoms with van der Waals surface area (Å²) in [4.78, 5) is 15.8. The molecule has 0 aliphatic heterocycles. The van der Waals surface area contributed by atoms with Gasteiger partial charge < -0.3 is 0 Å². The fourth-order valence-corrected chi connectivity index (χ4v) is 4.94. The predicted molar refractivity (Wildman–Crippen MR) is 112 cm³/mol. The molecule has 0 aromatic carbocycles. The largest absolute Gasteiger partial charge is 0.261 e. The summed E-state index contributed by atoms with van der Waals surface area (Å²) < 4.78 is 0. The molecule has 0 saturated heterocycles. The number of aryl methyl sites for hydroxylation is 1. The number of hydrogen-bond acceptors (Lipinski definition) is 6. The molecule has 1 atom stereocenters. The molecule has 0 bridgehead atoms. The summed E-state index contributed by atoms with van der Waals surface area (Å²) in [7, 11) is 0. The van der Waals surface area contributed by atoms with Gasteiger partial charge >= 0.3 is 0 Å². The Morgan fingerprint density at radius 2 is 2.19 bits per heavy atom. The molecule has 3 aromatic heterocycles. The number of nitrogens with one attached hydrogen (secondary N) is 1. The Morgan fingerprint density at radius 1 is 1.30 bits per heavy atom. The van der Waals surface area contributed by atoms with Gasteiger partial charge in [0.25, 0.3) is 0 Å². The maximum Gasteiger partial charge on any atom is 0.158 e. The first kappa shape index (κ1) is 18.0. The second-order valence-corrected chi connectivity index (χ2v) is 8.90. The standard InChI is InChI=1S/C21H25N5S/c1-4-21(2,3)14-8-9-17-16(11-14)18-19(23-13-24-20(18)27-17)26-25-12-15-7-5-6-10-22-15/h5-7,10,12-14H,4,8-9,11H2,1-3H3,(H,23,24,26)/b25-12+/t14-/m0/s1. The summed E-state index contributed by atoms with van der Waals surface area (Å²) >= 11 is 1.81. The van der Waals surface area contributed by atoms with E-state index in [0.29, 0.717) is 11.3 Å². The average molecular weight is 380 g/mol. The second-order valence-electron chi connectivity index (χ2n) is 7.81. The first-order valence-corrected chi connectivity index (χ1v) is 10.4. The zero-order valence-electron chi connectivity index (χ0n) is 16.1. The van der Waals surface area contributed by atoms with Gasteiger partial charge in [0.15, 0.2) is 5.82 Å². The maximum atomic E-state index is 4.52. The maximum absolute atomic E-state index is 4.52. The predicted octanol–water partition coefficient (Wildman–Crippen LogP) is 5.07. The van der Waals surface area contributed by atoms with E-state index in [1.807, 2.05) is 29.5 Å². The topological polar surface area (TPSA) is 63.1 Å². The third-order valence-electron chi connectivity index (χ3n) is 5.91. The Kier molecular flexibility index (Phi) is 4.91. The van der Waals surface area contributed by atoms with Crippen LogP contribution in [0.3, 0.4) is 0 Å². The lowest BCUT2D eigenvalue weighted by atomic mass is 9.69. The van der Waals surface area contributed by atoms with Crippen LogP contribution in [0.4, 0.5) is 5.82 Å². The normalized spacial score (nSPS) is 17.4. The van der Waals surface area contributed by atoms with E-state index in [4.69, 9.17) is 0 Å². The van der Waals surface area contributed by atoms with E-state index in [-0.39, 0.29) is 0 Å². The van der Waals surface area contributed by atoms with Crippen molar-refractivity contribution in [3.8, 4) is 0 Å². The quantitative estimate of drug-likeness (QED) is 0.496. The minimum atomic E-state index is 0.353. The number of thiophene rings is 1. The number of fused-ring (bicyclic) bond motifs is 3. The summed E-state index contributed by atoms with van der Waals surface area (Å²) in [5.74, 6) is 1.48. The fourth-order valence-electron chi connectivity index (χ4n) is 3.76. The Hall–Kier alpha value is -2.34. The molecule has 5 nitrogen and oxygen atoms in total. The highest BCUT2D eigenvalue weighted by atomic mass is 32.1. The Labute approximate surface area is 164 Å². The van der Waals surface area contributed by atoms with Crippen molar-refractivity contribution < 1.29 is 0 Å². The molecule has 1 aliphatic rings. The van der Waals surface area contributed by atoms with E-state index in [1.54, 1.807) is 18.7 Å². The number of hydrogen-bond donors (Lipinski definition) is 1. The lowest BCUT2D eigenvalue weighted by Gasteiger charge is -2.36. The number of pyridine rings is 1. The minimum Gasteiger partial charge on any atom is -0.261 e. The third-order valence-corrected chi connectivity index (χ3v) is 7.11. The van der Waals surface area contributed by atoms with Crippen LogP contribution in [0.2, 0.25) is 0 Å². The highest BCUT2D eigenvalue weighted by molar-refractivity contribution is 7.19. The van der Waals surface area contributed by atoms with Crippen LogP contribution in [-0.4, -0.2) is 21.2 Å². The molecule has 0 spiro atoms. The summed E-state index contributed by atoms with van der Waals surface area (Å²) in [5.41, 5.74) is 5.71. The number of nitrogens with zero attached hydrogens (tertiary/aromatic N) is 4. The van der Waals surface area contributed by atoms with Crippen molar-refractivity contribution in [2.45, 2.75) is 46.5 Å². The van der Waals surface area contributed by atoms with E-state index < -0.39 is 0 Å². The van der Waals surface area contributed by atoms with Crippen molar-refractivity contribution in [2.24, 2.45) is 16.4 Å². The number of rotatable bonds is 5. The lowest BCUT2D eigenvalue weighted by Crippen LogP contribution is -2.28. The molecule has 6 heteroatoms. The number of anilines is 1. The monoisotopic (exact) mass is 379 g/mol. The smallest absolute Gasteiger partial charge is 0.158 e. The van der Waals surface area contributed by atoms with Gasteiger partial charge in [0.05, 0.1) is 17.3 Å². The first-order valence-electron chi connectivity index (χ1n) is 9.54. The van der Waals surface area contributed by atoms with Gasteiger partial charge in [-0.15, -0.1) is 11.3 Å². The Bertz CT molecular complexity index is 961. The van der Waals surface area contributed by atoms with Crippen molar-refractivity contribution in [2.75, 3.05) is 5.43 Å². The summed E-state index contributed by atoms with van der Waals surface area (Å²) in [5, 5.41) is 5.50.